The molecule has 0 saturated heterocycles. The number of nitrogens with two attached hydrogens (primary N) is 1. The largest absolute Gasteiger partial charge is 0.416 e. The maximum Gasteiger partial charge on any atom is 0.416 e. The third kappa shape index (κ3) is 3.59. The molecule has 0 spiro atoms. The zero-order valence-electron chi connectivity index (χ0n) is 17.2. The van der Waals surface area contributed by atoms with Gasteiger partial charge in [-0.05, 0) is 47.5 Å². The van der Waals surface area contributed by atoms with Crippen LogP contribution in [0.4, 0.5) is 34.8 Å². The molecule has 0 aliphatic heterocycles. The number of alkyl halides is 3. The molecule has 0 bridgehead atoms. The Kier molecular flexibility index (Phi) is 4.66. The lowest BCUT2D eigenvalue weighted by atomic mass is 10.0. The summed E-state index contributed by atoms with van der Waals surface area (Å²) in [6.45, 7) is 0. The van der Waals surface area contributed by atoms with Crippen LogP contribution in [0.5, 0.6) is 0 Å². The quantitative estimate of drug-likeness (QED) is 0.291. The summed E-state index contributed by atoms with van der Waals surface area (Å²) < 4.78 is 54.6. The number of fused-ring (bicyclic) bond motifs is 3. The van der Waals surface area contributed by atoms with Crippen LogP contribution < -0.4 is 10.6 Å². The summed E-state index contributed by atoms with van der Waals surface area (Å²) in [4.78, 5) is 6.28. The van der Waals surface area contributed by atoms with Crippen LogP contribution in [0.25, 0.3) is 27.8 Å². The molecule has 0 saturated carbocycles. The van der Waals surface area contributed by atoms with E-state index >= 15 is 0 Å². The first kappa shape index (κ1) is 20.7. The third-order valence-electron chi connectivity index (χ3n) is 5.45. The van der Waals surface area contributed by atoms with Crippen LogP contribution >= 0.6 is 0 Å². The van der Waals surface area contributed by atoms with Gasteiger partial charge in [0.1, 0.15) is 18.0 Å². The molecule has 10 heteroatoms. The molecule has 5 rings (SSSR count). The van der Waals surface area contributed by atoms with Crippen molar-refractivity contribution in [2.75, 3.05) is 17.7 Å². The molecule has 6 nitrogen and oxygen atoms in total. The van der Waals surface area contributed by atoms with Crippen molar-refractivity contribution < 1.29 is 17.6 Å². The van der Waals surface area contributed by atoms with Crippen molar-refractivity contribution in [2.45, 2.75) is 6.18 Å². The molecule has 0 aliphatic carbocycles. The normalized spacial score (nSPS) is 11.9. The van der Waals surface area contributed by atoms with Gasteiger partial charge >= 0.3 is 6.18 Å². The number of anilines is 3. The van der Waals surface area contributed by atoms with Crippen LogP contribution in [-0.4, -0.2) is 26.6 Å². The minimum Gasteiger partial charge on any atom is -0.396 e. The summed E-state index contributed by atoms with van der Waals surface area (Å²) in [5, 5.41) is 8.37. The Labute approximate surface area is 184 Å². The van der Waals surface area contributed by atoms with Crippen molar-refractivity contribution in [3.05, 3.63) is 78.4 Å². The molecule has 3 aromatic carbocycles. The van der Waals surface area contributed by atoms with E-state index in [0.29, 0.717) is 33.7 Å². The lowest BCUT2D eigenvalue weighted by Gasteiger charge is -2.21. The van der Waals surface area contributed by atoms with Gasteiger partial charge < -0.3 is 10.6 Å². The second-order valence-electron chi connectivity index (χ2n) is 7.51. The highest BCUT2D eigenvalue weighted by Crippen LogP contribution is 2.35. The Balaban J connectivity index is 1.60. The first-order chi connectivity index (χ1) is 15.7. The van der Waals surface area contributed by atoms with E-state index in [2.05, 4.69) is 15.2 Å². The molecule has 166 valence electrons. The molecule has 0 radical (unpaired) electrons. The van der Waals surface area contributed by atoms with Gasteiger partial charge in [-0.15, -0.1) is 10.2 Å². The van der Waals surface area contributed by atoms with Crippen molar-refractivity contribution >= 4 is 33.9 Å². The van der Waals surface area contributed by atoms with Crippen molar-refractivity contribution in [1.82, 2.24) is 19.6 Å². The predicted molar refractivity (Wildman–Crippen MR) is 118 cm³/mol. The molecular formula is C23H16F4N6. The topological polar surface area (TPSA) is 72.3 Å². The lowest BCUT2D eigenvalue weighted by Crippen LogP contribution is -2.13. The average molecular weight is 452 g/mol. The smallest absolute Gasteiger partial charge is 0.396 e. The van der Waals surface area contributed by atoms with Crippen LogP contribution in [-0.2, 0) is 6.18 Å². The maximum absolute atomic E-state index is 14.3. The van der Waals surface area contributed by atoms with Crippen LogP contribution in [0.15, 0.2) is 67.0 Å². The Morgan fingerprint density at radius 3 is 2.45 bits per heavy atom. The average Bonchev–Trinajstić information content (AvgIpc) is 3.27. The third-order valence-corrected chi connectivity index (χ3v) is 5.45. The van der Waals surface area contributed by atoms with E-state index in [1.807, 2.05) is 12.1 Å². The van der Waals surface area contributed by atoms with Crippen LogP contribution in [0.1, 0.15) is 5.56 Å². The second kappa shape index (κ2) is 7.44. The van der Waals surface area contributed by atoms with Gasteiger partial charge in [0, 0.05) is 18.1 Å². The second-order valence-corrected chi connectivity index (χ2v) is 7.51. The minimum atomic E-state index is -4.40. The van der Waals surface area contributed by atoms with Gasteiger partial charge in [0.2, 0.25) is 0 Å². The van der Waals surface area contributed by atoms with E-state index in [4.69, 9.17) is 5.73 Å². The van der Waals surface area contributed by atoms with Crippen LogP contribution in [0.2, 0.25) is 0 Å². The van der Waals surface area contributed by atoms with E-state index in [1.54, 1.807) is 28.5 Å². The zero-order chi connectivity index (χ0) is 23.3. The molecule has 0 atom stereocenters. The summed E-state index contributed by atoms with van der Waals surface area (Å²) in [7, 11) is 1.76. The summed E-state index contributed by atoms with van der Waals surface area (Å²) >= 11 is 0. The predicted octanol–water partition coefficient (Wildman–Crippen LogP) is 5.45. The van der Waals surface area contributed by atoms with Gasteiger partial charge in [0.15, 0.2) is 0 Å². The first-order valence-corrected chi connectivity index (χ1v) is 9.82. The summed E-state index contributed by atoms with van der Waals surface area (Å²) in [6, 6.07) is 15.0. The molecule has 2 heterocycles. The highest BCUT2D eigenvalue weighted by Gasteiger charge is 2.30. The molecule has 0 fully saturated rings. The first-order valence-electron chi connectivity index (χ1n) is 9.82. The molecule has 5 aromatic rings. The van der Waals surface area contributed by atoms with Gasteiger partial charge in [0.05, 0.1) is 16.8 Å². The fourth-order valence-corrected chi connectivity index (χ4v) is 3.71. The van der Waals surface area contributed by atoms with E-state index < -0.39 is 17.6 Å². The van der Waals surface area contributed by atoms with Crippen molar-refractivity contribution in [3.8, 4) is 11.1 Å². The standard InChI is InChI=1S/C23H16F4N6/c1-32(16-4-2-3-14(9-16)13-5-7-15(8-6-13)23(25,26)27)21-17-10-18(24)19(28)11-20(17)33-12-29-31-22(33)30-21/h2-12H,28H2,1H3. The van der Waals surface area contributed by atoms with Crippen molar-refractivity contribution in [2.24, 2.45) is 0 Å². The Hall–Kier alpha value is -4.21. The fourth-order valence-electron chi connectivity index (χ4n) is 3.71. The Morgan fingerprint density at radius 1 is 0.970 bits per heavy atom. The Bertz CT molecular complexity index is 1490. The summed E-state index contributed by atoms with van der Waals surface area (Å²) in [6.07, 6.45) is -2.93. The maximum atomic E-state index is 14.3. The van der Waals surface area contributed by atoms with Crippen molar-refractivity contribution in [1.29, 1.82) is 0 Å². The summed E-state index contributed by atoms with van der Waals surface area (Å²) in [5.74, 6) is 0.160. The molecule has 2 aromatic heterocycles. The number of nitrogen functional groups attached to an aromatic ring is 1. The highest BCUT2D eigenvalue weighted by molar-refractivity contribution is 5.95. The zero-order valence-corrected chi connectivity index (χ0v) is 17.2. The van der Waals surface area contributed by atoms with Crippen molar-refractivity contribution in [3.63, 3.8) is 0 Å². The van der Waals surface area contributed by atoms with Gasteiger partial charge in [-0.25, -0.2) is 4.39 Å². The highest BCUT2D eigenvalue weighted by atomic mass is 19.4. The van der Waals surface area contributed by atoms with E-state index in [-0.39, 0.29) is 5.69 Å². The molecule has 0 unspecified atom stereocenters. The summed E-state index contributed by atoms with van der Waals surface area (Å²) in [5.41, 5.74) is 7.68. The minimum absolute atomic E-state index is 0.0124. The van der Waals surface area contributed by atoms with E-state index in [9.17, 15) is 17.6 Å². The number of aromatic nitrogens is 4. The number of hydrogen-bond donors (Lipinski definition) is 1. The fraction of sp³-hybridized carbons (Fsp3) is 0.0870. The molecular weight excluding hydrogens is 436 g/mol. The van der Waals surface area contributed by atoms with Gasteiger partial charge in [-0.3, -0.25) is 4.40 Å². The van der Waals surface area contributed by atoms with Gasteiger partial charge in [-0.2, -0.15) is 18.2 Å². The van der Waals surface area contributed by atoms with E-state index in [0.717, 1.165) is 17.7 Å². The monoisotopic (exact) mass is 452 g/mol. The van der Waals surface area contributed by atoms with E-state index in [1.165, 1.54) is 30.6 Å². The molecule has 2 N–H and O–H groups in total. The number of benzene rings is 3. The van der Waals surface area contributed by atoms with Gasteiger partial charge in [-0.1, -0.05) is 24.3 Å². The number of halogens is 4. The Morgan fingerprint density at radius 2 is 1.73 bits per heavy atom. The van der Waals surface area contributed by atoms with Crippen LogP contribution in [0, 0.1) is 5.82 Å². The lowest BCUT2D eigenvalue weighted by molar-refractivity contribution is -0.137. The number of rotatable bonds is 3. The SMILES string of the molecule is CN(c1cccc(-c2ccc(C(F)(F)F)cc2)c1)c1nc2nncn2c2cc(N)c(F)cc12. The number of nitrogens with zero attached hydrogens (tertiary/aromatic N) is 5. The van der Waals surface area contributed by atoms with Crippen LogP contribution in [0.3, 0.4) is 0 Å². The molecule has 0 amide bonds. The number of hydrogen-bond acceptors (Lipinski definition) is 5. The molecule has 0 aliphatic rings. The van der Waals surface area contributed by atoms with Gasteiger partial charge in [0.25, 0.3) is 5.78 Å². The molecule has 33 heavy (non-hydrogen) atoms.